The van der Waals surface area contributed by atoms with Gasteiger partial charge in [-0.25, -0.2) is 8.78 Å². The van der Waals surface area contributed by atoms with Crippen LogP contribution < -0.4 is 0 Å². The van der Waals surface area contributed by atoms with Gasteiger partial charge in [-0.3, -0.25) is 0 Å². The molecule has 0 aromatic heterocycles. The van der Waals surface area contributed by atoms with E-state index in [0.29, 0.717) is 5.57 Å². The Balaban J connectivity index is 3.00. The first-order valence-electron chi connectivity index (χ1n) is 3.77. The van der Waals surface area contributed by atoms with Crippen LogP contribution in [0.3, 0.4) is 0 Å². The van der Waals surface area contributed by atoms with Gasteiger partial charge in [0.2, 0.25) is 0 Å². The van der Waals surface area contributed by atoms with Crippen molar-refractivity contribution >= 4 is 0 Å². The second-order valence-electron chi connectivity index (χ2n) is 2.99. The molecule has 0 fully saturated rings. The van der Waals surface area contributed by atoms with Crippen molar-refractivity contribution in [2.45, 2.75) is 26.7 Å². The maximum Gasteiger partial charge on any atom is 0.127 e. The van der Waals surface area contributed by atoms with E-state index in [1.807, 2.05) is 0 Å². The highest BCUT2D eigenvalue weighted by Gasteiger charge is 2.16. The molecule has 0 atom stereocenters. The summed E-state index contributed by atoms with van der Waals surface area (Å²) in [5, 5.41) is 0. The summed E-state index contributed by atoms with van der Waals surface area (Å²) in [5.74, 6) is -0.323. The number of rotatable bonds is 1. The van der Waals surface area contributed by atoms with Gasteiger partial charge in [0, 0.05) is 5.57 Å². The number of hydrogen-bond donors (Lipinski definition) is 0. The molecular formula is C9H12F2. The molecule has 0 nitrogen and oxygen atoms in total. The van der Waals surface area contributed by atoms with E-state index in [4.69, 9.17) is 0 Å². The van der Waals surface area contributed by atoms with Crippen molar-refractivity contribution in [3.8, 4) is 0 Å². The van der Waals surface area contributed by atoms with E-state index >= 15 is 0 Å². The third kappa shape index (κ3) is 1.50. The summed E-state index contributed by atoms with van der Waals surface area (Å²) in [6.07, 6.45) is 1.54. The summed E-state index contributed by atoms with van der Waals surface area (Å²) < 4.78 is 25.3. The summed E-state index contributed by atoms with van der Waals surface area (Å²) in [7, 11) is 0. The van der Waals surface area contributed by atoms with Crippen LogP contribution >= 0.6 is 0 Å². The average molecular weight is 158 g/mol. The van der Waals surface area contributed by atoms with Crippen LogP contribution in [0.2, 0.25) is 0 Å². The average Bonchev–Trinajstić information content (AvgIpc) is 1.99. The predicted molar refractivity (Wildman–Crippen MR) is 41.7 cm³/mol. The molecule has 0 N–H and O–H groups in total. The van der Waals surface area contributed by atoms with Crippen LogP contribution in [0.5, 0.6) is 0 Å². The normalized spacial score (nSPS) is 19.6. The molecule has 0 unspecified atom stereocenters. The Labute approximate surface area is 65.6 Å². The van der Waals surface area contributed by atoms with Gasteiger partial charge in [0.05, 0.1) is 0 Å². The lowest BCUT2D eigenvalue weighted by molar-refractivity contribution is 0.506. The Hall–Kier alpha value is -0.660. The Morgan fingerprint density at radius 1 is 1.18 bits per heavy atom. The zero-order chi connectivity index (χ0) is 8.43. The molecule has 11 heavy (non-hydrogen) atoms. The minimum absolute atomic E-state index is 0.272. The van der Waals surface area contributed by atoms with Crippen LogP contribution in [0.1, 0.15) is 26.7 Å². The second kappa shape index (κ2) is 3.16. The molecule has 0 aromatic carbocycles. The van der Waals surface area contributed by atoms with Gasteiger partial charge in [0.25, 0.3) is 0 Å². The summed E-state index contributed by atoms with van der Waals surface area (Å²) in [5.41, 5.74) is 1.81. The van der Waals surface area contributed by atoms with E-state index in [1.165, 1.54) is 0 Å². The molecule has 0 aromatic rings. The number of hydrogen-bond acceptors (Lipinski definition) is 0. The molecule has 0 spiro atoms. The fraction of sp³-hybridized carbons (Fsp3) is 0.556. The maximum absolute atomic E-state index is 13.1. The topological polar surface area (TPSA) is 0 Å². The molecule has 1 aliphatic rings. The van der Waals surface area contributed by atoms with E-state index in [-0.39, 0.29) is 11.4 Å². The van der Waals surface area contributed by atoms with Crippen molar-refractivity contribution in [2.24, 2.45) is 0 Å². The zero-order valence-electron chi connectivity index (χ0n) is 6.88. The summed E-state index contributed by atoms with van der Waals surface area (Å²) in [6, 6.07) is 0. The lowest BCUT2D eigenvalue weighted by Crippen LogP contribution is -2.01. The molecule has 1 aliphatic carbocycles. The SMILES string of the molecule is CC1=C(F)C(CF)=C(C)CC1. The number of alkyl halides is 1. The molecule has 0 saturated heterocycles. The third-order valence-corrected chi connectivity index (χ3v) is 2.16. The Morgan fingerprint density at radius 3 is 2.18 bits per heavy atom. The fourth-order valence-electron chi connectivity index (χ4n) is 1.25. The van der Waals surface area contributed by atoms with Crippen LogP contribution in [-0.2, 0) is 0 Å². The molecule has 2 heteroatoms. The molecule has 0 heterocycles. The molecule has 62 valence electrons. The Kier molecular flexibility index (Phi) is 2.42. The van der Waals surface area contributed by atoms with Crippen LogP contribution in [0.15, 0.2) is 22.5 Å². The number of halogens is 2. The summed E-state index contributed by atoms with van der Waals surface area (Å²) in [4.78, 5) is 0. The van der Waals surface area contributed by atoms with Crippen molar-refractivity contribution in [3.63, 3.8) is 0 Å². The molecule has 0 saturated carbocycles. The monoisotopic (exact) mass is 158 g/mol. The van der Waals surface area contributed by atoms with Gasteiger partial charge in [-0.05, 0) is 32.3 Å². The lowest BCUT2D eigenvalue weighted by Gasteiger charge is -2.15. The third-order valence-electron chi connectivity index (χ3n) is 2.16. The van der Waals surface area contributed by atoms with Crippen LogP contribution in [0, 0.1) is 0 Å². The zero-order valence-corrected chi connectivity index (χ0v) is 6.88. The quantitative estimate of drug-likeness (QED) is 0.549. The highest BCUT2D eigenvalue weighted by molar-refractivity contribution is 5.37. The number of allylic oxidation sites excluding steroid dienone is 4. The van der Waals surface area contributed by atoms with Gasteiger partial charge in [-0.15, -0.1) is 0 Å². The fourth-order valence-corrected chi connectivity index (χ4v) is 1.25. The highest BCUT2D eigenvalue weighted by Crippen LogP contribution is 2.30. The molecular weight excluding hydrogens is 146 g/mol. The largest absolute Gasteiger partial charge is 0.246 e. The summed E-state index contributed by atoms with van der Waals surface area (Å²) in [6.45, 7) is 2.84. The molecule has 0 bridgehead atoms. The van der Waals surface area contributed by atoms with E-state index in [9.17, 15) is 8.78 Å². The van der Waals surface area contributed by atoms with Crippen molar-refractivity contribution in [1.29, 1.82) is 0 Å². The Bertz CT molecular complexity index is 224. The molecule has 0 aliphatic heterocycles. The second-order valence-corrected chi connectivity index (χ2v) is 2.99. The van der Waals surface area contributed by atoms with Crippen LogP contribution in [-0.4, -0.2) is 6.67 Å². The van der Waals surface area contributed by atoms with E-state index in [2.05, 4.69) is 0 Å². The van der Waals surface area contributed by atoms with Gasteiger partial charge in [0.15, 0.2) is 0 Å². The summed E-state index contributed by atoms with van der Waals surface area (Å²) >= 11 is 0. The van der Waals surface area contributed by atoms with Crippen molar-refractivity contribution in [2.75, 3.05) is 6.67 Å². The van der Waals surface area contributed by atoms with Crippen molar-refractivity contribution < 1.29 is 8.78 Å². The van der Waals surface area contributed by atoms with Gasteiger partial charge in [-0.1, -0.05) is 5.57 Å². The first-order valence-corrected chi connectivity index (χ1v) is 3.77. The predicted octanol–water partition coefficient (Wildman–Crippen LogP) is 3.31. The van der Waals surface area contributed by atoms with Gasteiger partial charge < -0.3 is 0 Å². The van der Waals surface area contributed by atoms with E-state index < -0.39 is 6.67 Å². The van der Waals surface area contributed by atoms with Gasteiger partial charge >= 0.3 is 0 Å². The first kappa shape index (κ1) is 8.44. The highest BCUT2D eigenvalue weighted by atomic mass is 19.1. The van der Waals surface area contributed by atoms with E-state index in [0.717, 1.165) is 18.4 Å². The van der Waals surface area contributed by atoms with Gasteiger partial charge in [-0.2, -0.15) is 0 Å². The first-order chi connectivity index (χ1) is 5.16. The van der Waals surface area contributed by atoms with Crippen LogP contribution in [0.4, 0.5) is 8.78 Å². The van der Waals surface area contributed by atoms with Gasteiger partial charge in [0.1, 0.15) is 12.5 Å². The van der Waals surface area contributed by atoms with Crippen molar-refractivity contribution in [1.82, 2.24) is 0 Å². The van der Waals surface area contributed by atoms with E-state index in [1.54, 1.807) is 13.8 Å². The standard InChI is InChI=1S/C9H12F2/c1-6-3-4-7(2)9(11)8(6)5-10/h3-5H2,1-2H3. The van der Waals surface area contributed by atoms with Crippen LogP contribution in [0.25, 0.3) is 0 Å². The molecule has 0 amide bonds. The molecule has 1 rings (SSSR count). The smallest absolute Gasteiger partial charge is 0.127 e. The maximum atomic E-state index is 13.1. The minimum atomic E-state index is -0.672. The van der Waals surface area contributed by atoms with Crippen molar-refractivity contribution in [3.05, 3.63) is 22.5 Å². The molecule has 0 radical (unpaired) electrons. The lowest BCUT2D eigenvalue weighted by atomic mass is 9.94. The Morgan fingerprint density at radius 2 is 1.73 bits per heavy atom. The minimum Gasteiger partial charge on any atom is -0.246 e.